The monoisotopic (exact) mass is 714 g/mol. The van der Waals surface area contributed by atoms with Gasteiger partial charge in [0, 0.05) is 33.5 Å². The number of anilines is 3. The molecule has 0 N–H and O–H groups in total. The molecule has 0 radical (unpaired) electrons. The van der Waals surface area contributed by atoms with Gasteiger partial charge in [-0.25, -0.2) is 0 Å². The summed E-state index contributed by atoms with van der Waals surface area (Å²) in [6.07, 6.45) is 0. The van der Waals surface area contributed by atoms with Gasteiger partial charge >= 0.3 is 0 Å². The lowest BCUT2D eigenvalue weighted by atomic mass is 9.97. The molecule has 0 amide bonds. The number of benzene rings is 9. The molecule has 0 bridgehead atoms. The zero-order valence-corrected chi connectivity index (χ0v) is 30.8. The molecular weight excluding hydrogens is 677 g/mol. The van der Waals surface area contributed by atoms with Crippen molar-refractivity contribution in [1.82, 2.24) is 4.57 Å². The van der Waals surface area contributed by atoms with Gasteiger partial charge in [-0.1, -0.05) is 164 Å². The van der Waals surface area contributed by atoms with Crippen LogP contribution in [0.5, 0.6) is 0 Å². The Bertz CT molecular complexity index is 2840. The molecule has 0 aliphatic carbocycles. The molecule has 0 unspecified atom stereocenters. The van der Waals surface area contributed by atoms with Crippen molar-refractivity contribution in [3.8, 4) is 50.2 Å². The van der Waals surface area contributed by atoms with Crippen molar-refractivity contribution in [2.45, 2.75) is 0 Å². The third-order valence-electron chi connectivity index (χ3n) is 10.8. The maximum absolute atomic E-state index is 2.38. The van der Waals surface area contributed by atoms with Gasteiger partial charge in [-0.05, 0) is 111 Å². The largest absolute Gasteiger partial charge is 0.310 e. The summed E-state index contributed by atoms with van der Waals surface area (Å²) in [6.45, 7) is 0. The number of aromatic nitrogens is 1. The Morgan fingerprint density at radius 2 is 0.679 bits per heavy atom. The molecule has 0 saturated heterocycles. The van der Waals surface area contributed by atoms with Gasteiger partial charge < -0.3 is 9.47 Å². The molecule has 2 nitrogen and oxygen atoms in total. The number of para-hydroxylation sites is 2. The van der Waals surface area contributed by atoms with E-state index >= 15 is 0 Å². The third-order valence-corrected chi connectivity index (χ3v) is 10.8. The van der Waals surface area contributed by atoms with Gasteiger partial charge in [0.05, 0.1) is 11.0 Å². The Hall–Kier alpha value is -7.42. The van der Waals surface area contributed by atoms with Crippen molar-refractivity contribution in [2.24, 2.45) is 0 Å². The minimum absolute atomic E-state index is 1.10. The van der Waals surface area contributed by atoms with Gasteiger partial charge in [0.2, 0.25) is 0 Å². The van der Waals surface area contributed by atoms with Crippen LogP contribution in [0.2, 0.25) is 0 Å². The highest BCUT2D eigenvalue weighted by molar-refractivity contribution is 6.10. The number of hydrogen-bond acceptors (Lipinski definition) is 1. The van der Waals surface area contributed by atoms with Gasteiger partial charge in [0.25, 0.3) is 0 Å². The van der Waals surface area contributed by atoms with E-state index < -0.39 is 0 Å². The summed E-state index contributed by atoms with van der Waals surface area (Å²) in [5, 5.41) is 2.52. The Balaban J connectivity index is 1.04. The maximum Gasteiger partial charge on any atom is 0.0547 e. The first kappa shape index (κ1) is 33.2. The molecule has 9 aromatic carbocycles. The molecular formula is C54H38N2. The second-order valence-corrected chi connectivity index (χ2v) is 14.2. The molecule has 0 atom stereocenters. The fourth-order valence-corrected chi connectivity index (χ4v) is 8.02. The van der Waals surface area contributed by atoms with Crippen LogP contribution in [0.3, 0.4) is 0 Å². The third kappa shape index (κ3) is 6.24. The van der Waals surface area contributed by atoms with Crippen molar-refractivity contribution in [3.63, 3.8) is 0 Å². The van der Waals surface area contributed by atoms with Crippen LogP contribution in [0.15, 0.2) is 231 Å². The van der Waals surface area contributed by atoms with E-state index in [1.807, 2.05) is 0 Å². The van der Waals surface area contributed by atoms with Gasteiger partial charge in [-0.2, -0.15) is 0 Å². The smallest absolute Gasteiger partial charge is 0.0547 e. The molecule has 10 aromatic rings. The molecule has 2 heteroatoms. The predicted molar refractivity (Wildman–Crippen MR) is 237 cm³/mol. The van der Waals surface area contributed by atoms with Crippen molar-refractivity contribution < 1.29 is 0 Å². The Labute approximate surface area is 327 Å². The van der Waals surface area contributed by atoms with Crippen LogP contribution in [0.25, 0.3) is 72.0 Å². The SMILES string of the molecule is c1ccc(-c2ccc(N(c3ccc(-c4ccccc4)cc3)c3cccc(-c4cccc(-c5ccc6c7ccccc7n(-c7ccccc7)c6c5)c4)c3)cc2)cc1. The maximum atomic E-state index is 2.38. The summed E-state index contributed by atoms with van der Waals surface area (Å²) in [4.78, 5) is 2.35. The summed E-state index contributed by atoms with van der Waals surface area (Å²) in [7, 11) is 0. The van der Waals surface area contributed by atoms with E-state index in [-0.39, 0.29) is 0 Å². The van der Waals surface area contributed by atoms with E-state index in [4.69, 9.17) is 0 Å². The summed E-state index contributed by atoms with van der Waals surface area (Å²) < 4.78 is 2.38. The van der Waals surface area contributed by atoms with E-state index in [1.165, 1.54) is 60.8 Å². The quantitative estimate of drug-likeness (QED) is 0.152. The fraction of sp³-hybridized carbons (Fsp3) is 0. The Morgan fingerprint density at radius 3 is 1.29 bits per heavy atom. The average molecular weight is 715 g/mol. The molecule has 0 saturated carbocycles. The minimum atomic E-state index is 1.10. The summed E-state index contributed by atoms with van der Waals surface area (Å²) in [6, 6.07) is 83.0. The fourth-order valence-electron chi connectivity index (χ4n) is 8.02. The molecule has 0 aliphatic rings. The molecule has 56 heavy (non-hydrogen) atoms. The van der Waals surface area contributed by atoms with Crippen LogP contribution in [-0.4, -0.2) is 4.57 Å². The lowest BCUT2D eigenvalue weighted by Crippen LogP contribution is -2.10. The van der Waals surface area contributed by atoms with Gasteiger partial charge in [-0.3, -0.25) is 0 Å². The predicted octanol–water partition coefficient (Wildman–Crippen LogP) is 14.9. The van der Waals surface area contributed by atoms with Gasteiger partial charge in [0.15, 0.2) is 0 Å². The minimum Gasteiger partial charge on any atom is -0.310 e. The molecule has 0 spiro atoms. The molecule has 0 fully saturated rings. The van der Waals surface area contributed by atoms with Crippen LogP contribution >= 0.6 is 0 Å². The first-order chi connectivity index (χ1) is 27.8. The summed E-state index contributed by atoms with van der Waals surface area (Å²) in [5.41, 5.74) is 16.4. The van der Waals surface area contributed by atoms with E-state index in [0.717, 1.165) is 28.3 Å². The topological polar surface area (TPSA) is 8.17 Å². The lowest BCUT2D eigenvalue weighted by molar-refractivity contribution is 1.18. The number of rotatable bonds is 8. The summed E-state index contributed by atoms with van der Waals surface area (Å²) in [5.74, 6) is 0. The first-order valence-corrected chi connectivity index (χ1v) is 19.2. The van der Waals surface area contributed by atoms with E-state index in [9.17, 15) is 0 Å². The van der Waals surface area contributed by atoms with Crippen LogP contribution in [0.1, 0.15) is 0 Å². The highest BCUT2D eigenvalue weighted by atomic mass is 15.1. The number of hydrogen-bond donors (Lipinski definition) is 0. The second kappa shape index (κ2) is 14.4. The Kier molecular flexibility index (Phi) is 8.55. The molecule has 1 aromatic heterocycles. The molecule has 1 heterocycles. The van der Waals surface area contributed by atoms with Crippen molar-refractivity contribution in [1.29, 1.82) is 0 Å². The van der Waals surface area contributed by atoms with E-state index in [1.54, 1.807) is 0 Å². The van der Waals surface area contributed by atoms with E-state index in [0.29, 0.717) is 0 Å². The Morgan fingerprint density at radius 1 is 0.250 bits per heavy atom. The molecule has 264 valence electrons. The first-order valence-electron chi connectivity index (χ1n) is 19.2. The zero-order chi connectivity index (χ0) is 37.3. The normalized spacial score (nSPS) is 11.2. The van der Waals surface area contributed by atoms with Crippen molar-refractivity contribution in [3.05, 3.63) is 231 Å². The number of nitrogens with zero attached hydrogens (tertiary/aromatic N) is 2. The second-order valence-electron chi connectivity index (χ2n) is 14.2. The van der Waals surface area contributed by atoms with Crippen LogP contribution in [-0.2, 0) is 0 Å². The average Bonchev–Trinajstić information content (AvgIpc) is 3.62. The zero-order valence-electron chi connectivity index (χ0n) is 30.8. The van der Waals surface area contributed by atoms with Crippen LogP contribution in [0.4, 0.5) is 17.1 Å². The number of fused-ring (bicyclic) bond motifs is 3. The standard InChI is InChI=1S/C54H38N2/c1-4-14-39(15-5-1)41-26-31-48(32-27-41)55(49-33-28-42(29-34-49)40-16-6-2-7-17-40)50-23-13-20-45(37-50)43-18-12-19-44(36-43)46-30-35-52-51-24-10-11-25-53(51)56(54(52)38-46)47-21-8-3-9-22-47/h1-38H. The van der Waals surface area contributed by atoms with Crippen molar-refractivity contribution in [2.75, 3.05) is 4.90 Å². The highest BCUT2D eigenvalue weighted by Crippen LogP contribution is 2.40. The molecule has 10 rings (SSSR count). The lowest BCUT2D eigenvalue weighted by Gasteiger charge is -2.26. The van der Waals surface area contributed by atoms with Gasteiger partial charge in [-0.15, -0.1) is 0 Å². The van der Waals surface area contributed by atoms with E-state index in [2.05, 4.69) is 240 Å². The van der Waals surface area contributed by atoms with Gasteiger partial charge in [0.1, 0.15) is 0 Å². The van der Waals surface area contributed by atoms with Crippen molar-refractivity contribution >= 4 is 38.9 Å². The highest BCUT2D eigenvalue weighted by Gasteiger charge is 2.16. The molecule has 0 aliphatic heterocycles. The van der Waals surface area contributed by atoms with Crippen LogP contribution < -0.4 is 4.90 Å². The van der Waals surface area contributed by atoms with Crippen LogP contribution in [0, 0.1) is 0 Å². The summed E-state index contributed by atoms with van der Waals surface area (Å²) >= 11 is 0.